The van der Waals surface area contributed by atoms with Crippen molar-refractivity contribution < 1.29 is 23.9 Å². The van der Waals surface area contributed by atoms with Crippen LogP contribution >= 0.6 is 0 Å². The first kappa shape index (κ1) is 20.2. The lowest BCUT2D eigenvalue weighted by Gasteiger charge is -2.17. The maximum Gasteiger partial charge on any atom is 0.338 e. The van der Waals surface area contributed by atoms with Gasteiger partial charge in [-0.05, 0) is 36.3 Å². The molecule has 0 atom stereocenters. The van der Waals surface area contributed by atoms with Gasteiger partial charge in [-0.2, -0.15) is 0 Å². The van der Waals surface area contributed by atoms with Crippen molar-refractivity contribution in [2.75, 3.05) is 0 Å². The Labute approximate surface area is 179 Å². The summed E-state index contributed by atoms with van der Waals surface area (Å²) >= 11 is 0. The van der Waals surface area contributed by atoms with Gasteiger partial charge < -0.3 is 4.74 Å². The molecule has 0 bridgehead atoms. The lowest BCUT2D eigenvalue weighted by atomic mass is 9.83. The summed E-state index contributed by atoms with van der Waals surface area (Å²) < 4.78 is 4.82. The Bertz CT molecular complexity index is 1250. The molecular weight excluding hydrogens is 392 g/mol. The van der Waals surface area contributed by atoms with E-state index in [1.807, 2.05) is 19.1 Å². The van der Waals surface area contributed by atoms with E-state index in [1.54, 1.807) is 54.6 Å². The third-order valence-corrected chi connectivity index (χ3v) is 5.04. The second-order valence-corrected chi connectivity index (χ2v) is 7.30. The van der Waals surface area contributed by atoms with E-state index in [1.165, 1.54) is 6.08 Å². The highest BCUT2D eigenvalue weighted by molar-refractivity contribution is 6.28. The van der Waals surface area contributed by atoms with Crippen LogP contribution in [0.2, 0.25) is 0 Å². The zero-order chi connectivity index (χ0) is 22.0. The average Bonchev–Trinajstić information content (AvgIpc) is 2.77. The Balaban J connectivity index is 1.45. The summed E-state index contributed by atoms with van der Waals surface area (Å²) in [6.07, 6.45) is 2.56. The Kier molecular flexibility index (Phi) is 5.41. The van der Waals surface area contributed by atoms with Crippen LogP contribution in [-0.2, 0) is 20.7 Å². The first-order valence-electron chi connectivity index (χ1n) is 9.73. The summed E-state index contributed by atoms with van der Waals surface area (Å²) in [5, 5.41) is 0. The quantitative estimate of drug-likeness (QED) is 0.288. The minimum atomic E-state index is -0.803. The zero-order valence-electron chi connectivity index (χ0n) is 16.8. The molecule has 5 heteroatoms. The van der Waals surface area contributed by atoms with E-state index in [4.69, 9.17) is 4.74 Å². The number of carbonyl (C=O) groups excluding carboxylic acids is 4. The van der Waals surface area contributed by atoms with E-state index in [2.05, 4.69) is 0 Å². The molecule has 0 fully saturated rings. The Morgan fingerprint density at radius 2 is 1.42 bits per heavy atom. The standard InChI is InChI=1S/C26H18O5/c1-16-6-8-18(9-7-16)15-24(28)31-23(27)13-11-17-10-12-21-22(14-17)26(30)20-5-3-2-4-19(20)25(21)29/h2-14H,15H2,1H3. The monoisotopic (exact) mass is 410 g/mol. The third-order valence-electron chi connectivity index (χ3n) is 5.04. The molecule has 0 amide bonds. The van der Waals surface area contributed by atoms with Gasteiger partial charge in [0.25, 0.3) is 0 Å². The predicted molar refractivity (Wildman–Crippen MR) is 115 cm³/mol. The summed E-state index contributed by atoms with van der Waals surface area (Å²) in [7, 11) is 0. The van der Waals surface area contributed by atoms with Crippen molar-refractivity contribution in [3.05, 3.63) is 112 Å². The van der Waals surface area contributed by atoms with Crippen LogP contribution in [0.1, 0.15) is 48.5 Å². The molecule has 1 aliphatic rings. The van der Waals surface area contributed by atoms with Crippen molar-refractivity contribution in [2.24, 2.45) is 0 Å². The fourth-order valence-electron chi connectivity index (χ4n) is 3.44. The van der Waals surface area contributed by atoms with Gasteiger partial charge in [0.2, 0.25) is 0 Å². The molecule has 4 rings (SSSR count). The lowest BCUT2D eigenvalue weighted by Crippen LogP contribution is -2.20. The highest BCUT2D eigenvalue weighted by atomic mass is 16.6. The lowest BCUT2D eigenvalue weighted by molar-refractivity contribution is -0.155. The van der Waals surface area contributed by atoms with E-state index in [9.17, 15) is 19.2 Å². The molecule has 31 heavy (non-hydrogen) atoms. The van der Waals surface area contributed by atoms with Crippen LogP contribution in [-0.4, -0.2) is 23.5 Å². The summed E-state index contributed by atoms with van der Waals surface area (Å²) in [6, 6.07) is 18.8. The molecule has 0 spiro atoms. The van der Waals surface area contributed by atoms with Crippen LogP contribution in [0.15, 0.2) is 72.8 Å². The first-order chi connectivity index (χ1) is 14.9. The fraction of sp³-hybridized carbons (Fsp3) is 0.0769. The van der Waals surface area contributed by atoms with Crippen molar-refractivity contribution >= 4 is 29.6 Å². The number of ether oxygens (including phenoxy) is 1. The predicted octanol–water partition coefficient (Wildman–Crippen LogP) is 4.10. The normalized spacial score (nSPS) is 12.4. The molecule has 1 aliphatic carbocycles. The number of carbonyl (C=O) groups is 4. The van der Waals surface area contributed by atoms with Crippen LogP contribution in [0.4, 0.5) is 0 Å². The van der Waals surface area contributed by atoms with Crippen LogP contribution in [0, 0.1) is 6.92 Å². The second kappa shape index (κ2) is 8.32. The van der Waals surface area contributed by atoms with Gasteiger partial charge >= 0.3 is 11.9 Å². The van der Waals surface area contributed by atoms with Gasteiger partial charge in [-0.3, -0.25) is 14.4 Å². The first-order valence-corrected chi connectivity index (χ1v) is 9.73. The number of fused-ring (bicyclic) bond motifs is 2. The van der Waals surface area contributed by atoms with E-state index in [0.717, 1.165) is 17.2 Å². The highest BCUT2D eigenvalue weighted by Gasteiger charge is 2.29. The van der Waals surface area contributed by atoms with Crippen molar-refractivity contribution in [3.8, 4) is 0 Å². The number of hydrogen-bond donors (Lipinski definition) is 0. The maximum atomic E-state index is 12.8. The largest absolute Gasteiger partial charge is 0.390 e. The maximum absolute atomic E-state index is 12.8. The molecule has 0 N–H and O–H groups in total. The number of esters is 2. The van der Waals surface area contributed by atoms with Crippen LogP contribution in [0.25, 0.3) is 6.08 Å². The van der Waals surface area contributed by atoms with Crippen molar-refractivity contribution in [1.82, 2.24) is 0 Å². The molecule has 0 saturated heterocycles. The zero-order valence-corrected chi connectivity index (χ0v) is 16.8. The molecule has 0 aliphatic heterocycles. The molecule has 152 valence electrons. The van der Waals surface area contributed by atoms with Gasteiger partial charge in [0, 0.05) is 28.3 Å². The van der Waals surface area contributed by atoms with Gasteiger partial charge in [0.05, 0.1) is 6.42 Å². The summed E-state index contributed by atoms with van der Waals surface area (Å²) in [5.74, 6) is -1.90. The molecule has 3 aromatic rings. The summed E-state index contributed by atoms with van der Waals surface area (Å²) in [6.45, 7) is 1.94. The van der Waals surface area contributed by atoms with Gasteiger partial charge in [0.15, 0.2) is 11.6 Å². The van der Waals surface area contributed by atoms with E-state index in [0.29, 0.717) is 22.3 Å². The average molecular weight is 410 g/mol. The molecule has 0 unspecified atom stereocenters. The van der Waals surface area contributed by atoms with E-state index >= 15 is 0 Å². The van der Waals surface area contributed by atoms with Crippen LogP contribution in [0.5, 0.6) is 0 Å². The van der Waals surface area contributed by atoms with Gasteiger partial charge in [0.1, 0.15) is 0 Å². The van der Waals surface area contributed by atoms with Crippen molar-refractivity contribution in [2.45, 2.75) is 13.3 Å². The molecule has 0 heterocycles. The molecule has 0 radical (unpaired) electrons. The fourth-order valence-corrected chi connectivity index (χ4v) is 3.44. The number of ketones is 2. The third kappa shape index (κ3) is 4.26. The van der Waals surface area contributed by atoms with Crippen LogP contribution < -0.4 is 0 Å². The Hall–Kier alpha value is -4.12. The second-order valence-electron chi connectivity index (χ2n) is 7.30. The van der Waals surface area contributed by atoms with E-state index in [-0.39, 0.29) is 23.6 Å². The minimum absolute atomic E-state index is 0.00523. The topological polar surface area (TPSA) is 77.5 Å². The minimum Gasteiger partial charge on any atom is -0.390 e. The summed E-state index contributed by atoms with van der Waals surface area (Å²) in [4.78, 5) is 49.3. The van der Waals surface area contributed by atoms with Crippen LogP contribution in [0.3, 0.4) is 0 Å². The Morgan fingerprint density at radius 3 is 2.10 bits per heavy atom. The van der Waals surface area contributed by atoms with Crippen molar-refractivity contribution in [1.29, 1.82) is 0 Å². The number of rotatable bonds is 4. The van der Waals surface area contributed by atoms with E-state index < -0.39 is 11.9 Å². The molecule has 3 aromatic carbocycles. The summed E-state index contributed by atoms with van der Waals surface area (Å²) in [5.41, 5.74) is 3.74. The number of hydrogen-bond acceptors (Lipinski definition) is 5. The SMILES string of the molecule is Cc1ccc(CC(=O)OC(=O)C=Cc2ccc3c(c2)C(=O)c2ccccc2C3=O)cc1. The molecule has 0 saturated carbocycles. The molecule has 0 aromatic heterocycles. The number of aryl methyl sites for hydroxylation is 1. The van der Waals surface area contributed by atoms with Crippen molar-refractivity contribution in [3.63, 3.8) is 0 Å². The van der Waals surface area contributed by atoms with Gasteiger partial charge in [-0.1, -0.05) is 60.2 Å². The highest BCUT2D eigenvalue weighted by Crippen LogP contribution is 2.28. The molecule has 5 nitrogen and oxygen atoms in total. The van der Waals surface area contributed by atoms with Gasteiger partial charge in [-0.15, -0.1) is 0 Å². The molecular formula is C26H18O5. The smallest absolute Gasteiger partial charge is 0.338 e. The number of benzene rings is 3. The van der Waals surface area contributed by atoms with Gasteiger partial charge in [-0.25, -0.2) is 4.79 Å². The Morgan fingerprint density at radius 1 is 0.806 bits per heavy atom.